The summed E-state index contributed by atoms with van der Waals surface area (Å²) in [5.74, 6) is 0. The maximum absolute atomic E-state index is 5.46. The molecule has 15 heavy (non-hydrogen) atoms. The maximum Gasteiger partial charge on any atom is 0.203 e. The molecular formula is C11H12N2O2. The number of rotatable bonds is 1. The van der Waals surface area contributed by atoms with Gasteiger partial charge in [0.1, 0.15) is 5.69 Å². The molecule has 0 aliphatic carbocycles. The number of aromatic nitrogens is 2. The van der Waals surface area contributed by atoms with E-state index in [-0.39, 0.29) is 6.29 Å². The first-order valence-electron chi connectivity index (χ1n) is 5.01. The second-order valence-corrected chi connectivity index (χ2v) is 3.60. The Morgan fingerprint density at radius 1 is 1.27 bits per heavy atom. The molecule has 0 unspecified atom stereocenters. The summed E-state index contributed by atoms with van der Waals surface area (Å²) in [7, 11) is 1.93. The van der Waals surface area contributed by atoms with Crippen molar-refractivity contribution in [2.24, 2.45) is 7.05 Å². The van der Waals surface area contributed by atoms with E-state index in [4.69, 9.17) is 9.47 Å². The lowest BCUT2D eigenvalue weighted by molar-refractivity contribution is -0.0465. The van der Waals surface area contributed by atoms with Crippen LogP contribution in [0.15, 0.2) is 24.3 Å². The smallest absolute Gasteiger partial charge is 0.203 e. The monoisotopic (exact) mass is 204 g/mol. The molecule has 2 aromatic rings. The van der Waals surface area contributed by atoms with Gasteiger partial charge in [0.25, 0.3) is 0 Å². The molecule has 0 radical (unpaired) electrons. The van der Waals surface area contributed by atoms with Crippen molar-refractivity contribution in [3.05, 3.63) is 30.0 Å². The molecule has 4 heteroatoms. The molecule has 0 atom stereocenters. The number of hydrogen-bond donors (Lipinski definition) is 0. The van der Waals surface area contributed by atoms with Crippen molar-refractivity contribution in [3.8, 4) is 0 Å². The minimum absolute atomic E-state index is 0.295. The minimum atomic E-state index is -0.295. The second kappa shape index (κ2) is 3.32. The van der Waals surface area contributed by atoms with Gasteiger partial charge in [-0.3, -0.25) is 4.68 Å². The molecule has 1 fully saturated rings. The van der Waals surface area contributed by atoms with Gasteiger partial charge >= 0.3 is 0 Å². The van der Waals surface area contributed by atoms with E-state index >= 15 is 0 Å². The third-order valence-electron chi connectivity index (χ3n) is 2.63. The highest BCUT2D eigenvalue weighted by Gasteiger charge is 2.23. The zero-order valence-electron chi connectivity index (χ0n) is 8.51. The zero-order chi connectivity index (χ0) is 10.3. The van der Waals surface area contributed by atoms with Crippen LogP contribution in [0, 0.1) is 0 Å². The maximum atomic E-state index is 5.46. The van der Waals surface area contributed by atoms with Gasteiger partial charge in [-0.1, -0.05) is 18.2 Å². The summed E-state index contributed by atoms with van der Waals surface area (Å²) in [6.45, 7) is 1.30. The molecule has 0 spiro atoms. The lowest BCUT2D eigenvalue weighted by atomic mass is 10.2. The lowest BCUT2D eigenvalue weighted by Gasteiger charge is -2.04. The summed E-state index contributed by atoms with van der Waals surface area (Å²) in [6.07, 6.45) is -0.295. The van der Waals surface area contributed by atoms with Crippen LogP contribution >= 0.6 is 0 Å². The van der Waals surface area contributed by atoms with E-state index in [1.165, 1.54) is 0 Å². The Balaban J connectivity index is 2.17. The summed E-state index contributed by atoms with van der Waals surface area (Å²) in [4.78, 5) is 0. The van der Waals surface area contributed by atoms with Crippen molar-refractivity contribution < 1.29 is 9.47 Å². The fourth-order valence-electron chi connectivity index (χ4n) is 1.93. The zero-order valence-corrected chi connectivity index (χ0v) is 8.51. The Labute approximate surface area is 87.4 Å². The summed E-state index contributed by atoms with van der Waals surface area (Å²) in [5.41, 5.74) is 1.98. The summed E-state index contributed by atoms with van der Waals surface area (Å²) >= 11 is 0. The van der Waals surface area contributed by atoms with E-state index in [2.05, 4.69) is 5.10 Å². The molecule has 1 aromatic carbocycles. The van der Waals surface area contributed by atoms with Gasteiger partial charge in [0.15, 0.2) is 0 Å². The SMILES string of the molecule is Cn1nc(C2OCCO2)c2ccccc21. The fraction of sp³-hybridized carbons (Fsp3) is 0.364. The van der Waals surface area contributed by atoms with E-state index in [1.54, 1.807) is 0 Å². The Kier molecular flexibility index (Phi) is 1.97. The van der Waals surface area contributed by atoms with Gasteiger partial charge in [-0.05, 0) is 6.07 Å². The Morgan fingerprint density at radius 2 is 2.00 bits per heavy atom. The van der Waals surface area contributed by atoms with Crippen LogP contribution in [0.1, 0.15) is 12.0 Å². The van der Waals surface area contributed by atoms with Crippen LogP contribution in [-0.4, -0.2) is 23.0 Å². The first-order chi connectivity index (χ1) is 7.36. The van der Waals surface area contributed by atoms with Crippen LogP contribution in [0.25, 0.3) is 10.9 Å². The van der Waals surface area contributed by atoms with Crippen molar-refractivity contribution in [2.75, 3.05) is 13.2 Å². The number of ether oxygens (including phenoxy) is 2. The van der Waals surface area contributed by atoms with Crippen LogP contribution in [0.4, 0.5) is 0 Å². The molecule has 1 aliphatic rings. The quantitative estimate of drug-likeness (QED) is 0.708. The molecule has 3 rings (SSSR count). The van der Waals surface area contributed by atoms with Crippen molar-refractivity contribution in [1.29, 1.82) is 0 Å². The number of nitrogens with zero attached hydrogens (tertiary/aromatic N) is 2. The van der Waals surface area contributed by atoms with Crippen molar-refractivity contribution in [1.82, 2.24) is 9.78 Å². The largest absolute Gasteiger partial charge is 0.345 e. The van der Waals surface area contributed by atoms with E-state index in [0.717, 1.165) is 16.6 Å². The van der Waals surface area contributed by atoms with Crippen LogP contribution in [0.3, 0.4) is 0 Å². The van der Waals surface area contributed by atoms with Gasteiger partial charge in [0.2, 0.25) is 6.29 Å². The number of para-hydroxylation sites is 1. The minimum Gasteiger partial charge on any atom is -0.345 e. The third kappa shape index (κ3) is 1.33. The van der Waals surface area contributed by atoms with Crippen LogP contribution in [0.2, 0.25) is 0 Å². The molecule has 1 saturated heterocycles. The summed E-state index contributed by atoms with van der Waals surface area (Å²) in [5, 5.41) is 5.54. The predicted octanol–water partition coefficient (Wildman–Crippen LogP) is 1.62. The van der Waals surface area contributed by atoms with Gasteiger partial charge in [-0.25, -0.2) is 0 Å². The molecule has 0 N–H and O–H groups in total. The first-order valence-corrected chi connectivity index (χ1v) is 5.01. The molecule has 4 nitrogen and oxygen atoms in total. The molecule has 1 aromatic heterocycles. The average molecular weight is 204 g/mol. The Bertz CT molecular complexity index is 486. The summed E-state index contributed by atoms with van der Waals surface area (Å²) in [6, 6.07) is 8.09. The molecule has 2 heterocycles. The highest BCUT2D eigenvalue weighted by atomic mass is 16.7. The third-order valence-corrected chi connectivity index (χ3v) is 2.63. The molecule has 78 valence electrons. The van der Waals surface area contributed by atoms with Gasteiger partial charge in [0.05, 0.1) is 18.7 Å². The standard InChI is InChI=1S/C11H12N2O2/c1-13-9-5-3-2-4-8(9)10(12-13)11-14-6-7-15-11/h2-5,11H,6-7H2,1H3. The molecule has 0 saturated carbocycles. The number of benzene rings is 1. The van der Waals surface area contributed by atoms with Gasteiger partial charge in [-0.15, -0.1) is 0 Å². The normalized spacial score (nSPS) is 17.7. The number of hydrogen-bond acceptors (Lipinski definition) is 3. The molecular weight excluding hydrogens is 192 g/mol. The van der Waals surface area contributed by atoms with Gasteiger partial charge in [0, 0.05) is 12.4 Å². The van der Waals surface area contributed by atoms with Crippen molar-refractivity contribution in [3.63, 3.8) is 0 Å². The average Bonchev–Trinajstić information content (AvgIpc) is 2.87. The van der Waals surface area contributed by atoms with Crippen molar-refractivity contribution >= 4 is 10.9 Å². The van der Waals surface area contributed by atoms with Gasteiger partial charge in [-0.2, -0.15) is 5.10 Å². The fourth-order valence-corrected chi connectivity index (χ4v) is 1.93. The van der Waals surface area contributed by atoms with Crippen molar-refractivity contribution in [2.45, 2.75) is 6.29 Å². The molecule has 0 amide bonds. The lowest BCUT2D eigenvalue weighted by Crippen LogP contribution is -2.00. The van der Waals surface area contributed by atoms with Crippen LogP contribution in [0.5, 0.6) is 0 Å². The molecule has 0 bridgehead atoms. The number of fused-ring (bicyclic) bond motifs is 1. The van der Waals surface area contributed by atoms with E-state index in [9.17, 15) is 0 Å². The van der Waals surface area contributed by atoms with Crippen LogP contribution in [-0.2, 0) is 16.5 Å². The second-order valence-electron chi connectivity index (χ2n) is 3.60. The Hall–Kier alpha value is -1.39. The highest BCUT2D eigenvalue weighted by molar-refractivity contribution is 5.82. The van der Waals surface area contributed by atoms with Gasteiger partial charge < -0.3 is 9.47 Å². The topological polar surface area (TPSA) is 36.3 Å². The highest BCUT2D eigenvalue weighted by Crippen LogP contribution is 2.28. The first kappa shape index (κ1) is 8.88. The van der Waals surface area contributed by atoms with Crippen LogP contribution < -0.4 is 0 Å². The van der Waals surface area contributed by atoms with E-state index in [0.29, 0.717) is 13.2 Å². The Morgan fingerprint density at radius 3 is 2.80 bits per heavy atom. The predicted molar refractivity (Wildman–Crippen MR) is 55.4 cm³/mol. The van der Waals surface area contributed by atoms with E-state index < -0.39 is 0 Å². The van der Waals surface area contributed by atoms with E-state index in [1.807, 2.05) is 36.0 Å². The number of aryl methyl sites for hydroxylation is 1. The summed E-state index contributed by atoms with van der Waals surface area (Å²) < 4.78 is 12.8. The molecule has 1 aliphatic heterocycles.